The van der Waals surface area contributed by atoms with Gasteiger partial charge in [-0.1, -0.05) is 24.3 Å². The second-order valence-corrected chi connectivity index (χ2v) is 7.75. The van der Waals surface area contributed by atoms with Crippen molar-refractivity contribution in [2.75, 3.05) is 7.11 Å². The van der Waals surface area contributed by atoms with Crippen LogP contribution < -0.4 is 9.47 Å². The summed E-state index contributed by atoms with van der Waals surface area (Å²) in [6.45, 7) is 0. The van der Waals surface area contributed by atoms with Crippen molar-refractivity contribution in [3.05, 3.63) is 98.8 Å². The summed E-state index contributed by atoms with van der Waals surface area (Å²) in [5, 5.41) is 0. The zero-order valence-corrected chi connectivity index (χ0v) is 18.5. The molecule has 3 aromatic rings. The van der Waals surface area contributed by atoms with Crippen molar-refractivity contribution in [3.63, 3.8) is 0 Å². The van der Waals surface area contributed by atoms with E-state index >= 15 is 0 Å². The second kappa shape index (κ2) is 9.13. The van der Waals surface area contributed by atoms with Crippen LogP contribution in [0.15, 0.2) is 83.5 Å². The predicted octanol–water partition coefficient (Wildman–Crippen LogP) is 4.86. The molecular formula is C24H16INO5. The number of carbonyl (C=O) groups excluding carboxylic acids is 2. The summed E-state index contributed by atoms with van der Waals surface area (Å²) in [5.41, 5.74) is 1.97. The first kappa shape index (κ1) is 20.8. The standard InChI is InChI=1S/C24H16INO5/c1-29-21-14-15(7-12-20(21)30-23(27)17-5-3-2-4-6-17)13-19-24(28)31-22(26-19)16-8-10-18(25)11-9-16/h2-14H,1H3/b19-13-. The van der Waals surface area contributed by atoms with Gasteiger partial charge in [-0.3, -0.25) is 0 Å². The minimum Gasteiger partial charge on any atom is -0.493 e. The number of halogens is 1. The fourth-order valence-electron chi connectivity index (χ4n) is 2.87. The molecule has 1 aliphatic heterocycles. The van der Waals surface area contributed by atoms with E-state index in [-0.39, 0.29) is 17.3 Å². The summed E-state index contributed by atoms with van der Waals surface area (Å²) < 4.78 is 17.2. The van der Waals surface area contributed by atoms with Gasteiger partial charge < -0.3 is 14.2 Å². The molecule has 1 aliphatic rings. The van der Waals surface area contributed by atoms with Gasteiger partial charge in [-0.15, -0.1) is 0 Å². The van der Waals surface area contributed by atoms with Crippen LogP contribution in [-0.4, -0.2) is 24.9 Å². The van der Waals surface area contributed by atoms with E-state index < -0.39 is 11.9 Å². The molecule has 0 radical (unpaired) electrons. The van der Waals surface area contributed by atoms with Crippen LogP contribution in [0.2, 0.25) is 0 Å². The summed E-state index contributed by atoms with van der Waals surface area (Å²) in [6.07, 6.45) is 1.59. The SMILES string of the molecule is COc1cc(/C=C2\N=C(c3ccc(I)cc3)OC2=O)ccc1OC(=O)c1ccccc1. The van der Waals surface area contributed by atoms with Gasteiger partial charge in [0.15, 0.2) is 17.2 Å². The normalized spacial score (nSPS) is 14.2. The van der Waals surface area contributed by atoms with Gasteiger partial charge in [0.1, 0.15) is 0 Å². The van der Waals surface area contributed by atoms with Gasteiger partial charge in [0.25, 0.3) is 0 Å². The Kier molecular flexibility index (Phi) is 6.13. The summed E-state index contributed by atoms with van der Waals surface area (Å²) >= 11 is 2.20. The smallest absolute Gasteiger partial charge is 0.363 e. The third-order valence-electron chi connectivity index (χ3n) is 4.41. The number of esters is 2. The quantitative estimate of drug-likeness (QED) is 0.206. The Morgan fingerprint density at radius 3 is 2.45 bits per heavy atom. The van der Waals surface area contributed by atoms with Gasteiger partial charge in [0.05, 0.1) is 12.7 Å². The number of hydrogen-bond acceptors (Lipinski definition) is 6. The largest absolute Gasteiger partial charge is 0.493 e. The Morgan fingerprint density at radius 1 is 1.00 bits per heavy atom. The second-order valence-electron chi connectivity index (χ2n) is 6.51. The lowest BCUT2D eigenvalue weighted by atomic mass is 10.1. The van der Waals surface area contributed by atoms with E-state index in [1.807, 2.05) is 30.3 Å². The van der Waals surface area contributed by atoms with Crippen molar-refractivity contribution in [1.82, 2.24) is 0 Å². The van der Waals surface area contributed by atoms with E-state index in [1.165, 1.54) is 7.11 Å². The van der Waals surface area contributed by atoms with Crippen LogP contribution >= 0.6 is 22.6 Å². The molecule has 4 rings (SSSR count). The molecule has 0 saturated carbocycles. The van der Waals surface area contributed by atoms with E-state index in [0.29, 0.717) is 16.9 Å². The molecule has 0 aliphatic carbocycles. The van der Waals surface area contributed by atoms with Gasteiger partial charge >= 0.3 is 11.9 Å². The molecule has 0 spiro atoms. The summed E-state index contributed by atoms with van der Waals surface area (Å²) in [4.78, 5) is 28.9. The molecule has 3 aromatic carbocycles. The first-order valence-electron chi connectivity index (χ1n) is 9.27. The molecule has 0 atom stereocenters. The van der Waals surface area contributed by atoms with E-state index in [4.69, 9.17) is 14.2 Å². The van der Waals surface area contributed by atoms with E-state index in [0.717, 1.165) is 9.13 Å². The highest BCUT2D eigenvalue weighted by atomic mass is 127. The van der Waals surface area contributed by atoms with Gasteiger partial charge in [-0.05, 0) is 82.8 Å². The van der Waals surface area contributed by atoms with E-state index in [1.54, 1.807) is 48.5 Å². The molecule has 0 amide bonds. The van der Waals surface area contributed by atoms with Crippen LogP contribution in [0.25, 0.3) is 6.08 Å². The third-order valence-corrected chi connectivity index (χ3v) is 5.13. The lowest BCUT2D eigenvalue weighted by molar-refractivity contribution is -0.129. The molecule has 0 N–H and O–H groups in total. The van der Waals surface area contributed by atoms with Crippen molar-refractivity contribution >= 4 is 46.5 Å². The maximum atomic E-state index is 12.3. The number of carbonyl (C=O) groups is 2. The van der Waals surface area contributed by atoms with Crippen molar-refractivity contribution in [2.24, 2.45) is 4.99 Å². The molecule has 154 valence electrons. The molecule has 1 heterocycles. The zero-order chi connectivity index (χ0) is 21.8. The Hall–Kier alpha value is -3.46. The van der Waals surface area contributed by atoms with Crippen molar-refractivity contribution in [1.29, 1.82) is 0 Å². The minimum atomic E-state index is -0.535. The average molecular weight is 525 g/mol. The molecule has 0 fully saturated rings. The van der Waals surface area contributed by atoms with E-state index in [2.05, 4.69) is 27.6 Å². The van der Waals surface area contributed by atoms with Crippen molar-refractivity contribution in [2.45, 2.75) is 0 Å². The molecule has 0 unspecified atom stereocenters. The monoisotopic (exact) mass is 525 g/mol. The number of benzene rings is 3. The molecule has 0 bridgehead atoms. The predicted molar refractivity (Wildman–Crippen MR) is 124 cm³/mol. The van der Waals surface area contributed by atoms with Crippen LogP contribution in [0, 0.1) is 3.57 Å². The highest BCUT2D eigenvalue weighted by Crippen LogP contribution is 2.30. The number of nitrogens with zero attached hydrogens (tertiary/aromatic N) is 1. The zero-order valence-electron chi connectivity index (χ0n) is 16.4. The van der Waals surface area contributed by atoms with Gasteiger partial charge in [-0.2, -0.15) is 0 Å². The molecule has 7 heteroatoms. The number of rotatable bonds is 5. The van der Waals surface area contributed by atoms with E-state index in [9.17, 15) is 9.59 Å². The van der Waals surface area contributed by atoms with Crippen molar-refractivity contribution < 1.29 is 23.8 Å². The summed E-state index contributed by atoms with van der Waals surface area (Å²) in [7, 11) is 1.48. The van der Waals surface area contributed by atoms with Crippen molar-refractivity contribution in [3.8, 4) is 11.5 Å². The topological polar surface area (TPSA) is 74.2 Å². The maximum Gasteiger partial charge on any atom is 0.363 e. The number of hydrogen-bond donors (Lipinski definition) is 0. The van der Waals surface area contributed by atoms with Gasteiger partial charge in [0, 0.05) is 9.13 Å². The Labute approximate surface area is 192 Å². The maximum absolute atomic E-state index is 12.3. The highest BCUT2D eigenvalue weighted by Gasteiger charge is 2.24. The minimum absolute atomic E-state index is 0.171. The first-order valence-corrected chi connectivity index (χ1v) is 10.3. The summed E-state index contributed by atoms with van der Waals surface area (Å²) in [6, 6.07) is 21.2. The Bertz CT molecular complexity index is 1200. The third kappa shape index (κ3) is 4.83. The molecular weight excluding hydrogens is 509 g/mol. The van der Waals surface area contributed by atoms with Gasteiger partial charge in [0.2, 0.25) is 5.90 Å². The highest BCUT2D eigenvalue weighted by molar-refractivity contribution is 14.1. The van der Waals surface area contributed by atoms with Crippen LogP contribution in [0.5, 0.6) is 11.5 Å². The number of ether oxygens (including phenoxy) is 3. The Morgan fingerprint density at radius 2 is 1.74 bits per heavy atom. The lowest BCUT2D eigenvalue weighted by Gasteiger charge is -2.10. The van der Waals surface area contributed by atoms with Crippen LogP contribution in [0.4, 0.5) is 0 Å². The Balaban J connectivity index is 1.57. The number of aliphatic imine (C=N–C) groups is 1. The van der Waals surface area contributed by atoms with Crippen LogP contribution in [0.1, 0.15) is 21.5 Å². The molecule has 0 aromatic heterocycles. The average Bonchev–Trinajstić information content (AvgIpc) is 3.15. The lowest BCUT2D eigenvalue weighted by Crippen LogP contribution is -2.09. The number of methoxy groups -OCH3 is 1. The van der Waals surface area contributed by atoms with Crippen LogP contribution in [0.3, 0.4) is 0 Å². The first-order chi connectivity index (χ1) is 15.0. The number of cyclic esters (lactones) is 1. The fourth-order valence-corrected chi connectivity index (χ4v) is 3.23. The molecule has 31 heavy (non-hydrogen) atoms. The summed E-state index contributed by atoms with van der Waals surface area (Å²) in [5.74, 6) is -0.140. The molecule has 0 saturated heterocycles. The fraction of sp³-hybridized carbons (Fsp3) is 0.0417. The van der Waals surface area contributed by atoms with Gasteiger partial charge in [-0.25, -0.2) is 14.6 Å². The van der Waals surface area contributed by atoms with Crippen LogP contribution in [-0.2, 0) is 9.53 Å². The molecule has 6 nitrogen and oxygen atoms in total.